The van der Waals surface area contributed by atoms with E-state index in [1.165, 1.54) is 4.31 Å². The first-order chi connectivity index (χ1) is 10.5. The Morgan fingerprint density at radius 3 is 2.65 bits per heavy atom. The van der Waals surface area contributed by atoms with Gasteiger partial charge in [-0.05, 0) is 49.4 Å². The molecular weight excluding hydrogens is 334 g/mol. The molecule has 5 nitrogen and oxygen atoms in total. The Morgan fingerprint density at radius 2 is 2.04 bits per heavy atom. The Morgan fingerprint density at radius 1 is 1.35 bits per heavy atom. The molecule has 1 heterocycles. The third kappa shape index (κ3) is 3.21. The molecule has 1 aromatic heterocycles. The van der Waals surface area contributed by atoms with Gasteiger partial charge in [-0.15, -0.1) is 12.4 Å². The fraction of sp³-hybridized carbons (Fsp3) is 0.438. The van der Waals surface area contributed by atoms with Gasteiger partial charge in [-0.25, -0.2) is 8.42 Å². The lowest BCUT2D eigenvalue weighted by molar-refractivity contribution is 0.341. The third-order valence-electron chi connectivity index (χ3n) is 4.46. The van der Waals surface area contributed by atoms with Crippen LogP contribution in [-0.2, 0) is 10.0 Å². The Bertz CT molecular complexity index is 806. The first-order valence-corrected chi connectivity index (χ1v) is 8.93. The average Bonchev–Trinajstić information content (AvgIpc) is 3.33. The van der Waals surface area contributed by atoms with Gasteiger partial charge < -0.3 is 5.73 Å². The summed E-state index contributed by atoms with van der Waals surface area (Å²) in [5.41, 5.74) is 7.50. The zero-order valence-corrected chi connectivity index (χ0v) is 14.9. The quantitative estimate of drug-likeness (QED) is 0.893. The maximum Gasteiger partial charge on any atom is 0.243 e. The van der Waals surface area contributed by atoms with Crippen molar-refractivity contribution in [1.29, 1.82) is 0 Å². The molecule has 0 radical (unpaired) electrons. The summed E-state index contributed by atoms with van der Waals surface area (Å²) in [6, 6.07) is 6.93. The zero-order valence-electron chi connectivity index (χ0n) is 13.3. The highest BCUT2D eigenvalue weighted by Crippen LogP contribution is 2.37. The van der Waals surface area contributed by atoms with Crippen LogP contribution in [0.3, 0.4) is 0 Å². The van der Waals surface area contributed by atoms with E-state index < -0.39 is 10.0 Å². The molecule has 1 saturated carbocycles. The Balaban J connectivity index is 0.00000192. The van der Waals surface area contributed by atoms with E-state index in [1.54, 1.807) is 25.4 Å². The average molecular weight is 356 g/mol. The van der Waals surface area contributed by atoms with Gasteiger partial charge in [0.1, 0.15) is 0 Å². The molecule has 0 spiro atoms. The van der Waals surface area contributed by atoms with E-state index >= 15 is 0 Å². The molecule has 7 heteroatoms. The highest BCUT2D eigenvalue weighted by atomic mass is 35.5. The van der Waals surface area contributed by atoms with E-state index in [0.717, 1.165) is 23.9 Å². The largest absolute Gasteiger partial charge is 0.329 e. The Kier molecular flexibility index (Phi) is 5.30. The minimum absolute atomic E-state index is 0. The number of rotatable bonds is 5. The lowest BCUT2D eigenvalue weighted by Crippen LogP contribution is -2.43. The van der Waals surface area contributed by atoms with Crippen LogP contribution in [0.25, 0.3) is 10.9 Å². The zero-order chi connectivity index (χ0) is 15.9. The molecule has 1 unspecified atom stereocenters. The number of likely N-dealkylation sites (N-methyl/N-ethyl adjacent to an activating group) is 1. The second kappa shape index (κ2) is 6.73. The van der Waals surface area contributed by atoms with Crippen molar-refractivity contribution >= 4 is 33.3 Å². The van der Waals surface area contributed by atoms with Gasteiger partial charge in [-0.3, -0.25) is 4.98 Å². The number of hydrogen-bond donors (Lipinski definition) is 1. The molecule has 1 atom stereocenters. The molecule has 0 aliphatic heterocycles. The second-order valence-electron chi connectivity index (χ2n) is 5.94. The number of halogens is 1. The van der Waals surface area contributed by atoms with Crippen molar-refractivity contribution in [3.05, 3.63) is 36.0 Å². The predicted octanol–water partition coefficient (Wildman–Crippen LogP) is 2.32. The summed E-state index contributed by atoms with van der Waals surface area (Å²) in [4.78, 5) is 4.63. The summed E-state index contributed by atoms with van der Waals surface area (Å²) >= 11 is 0. The number of nitrogens with zero attached hydrogens (tertiary/aromatic N) is 2. The van der Waals surface area contributed by atoms with Gasteiger partial charge in [-0.1, -0.05) is 6.07 Å². The monoisotopic (exact) mass is 355 g/mol. The number of pyridine rings is 1. The number of aryl methyl sites for hydroxylation is 1. The molecule has 3 rings (SSSR count). The smallest absolute Gasteiger partial charge is 0.243 e. The summed E-state index contributed by atoms with van der Waals surface area (Å²) < 4.78 is 27.5. The van der Waals surface area contributed by atoms with Crippen LogP contribution in [0.5, 0.6) is 0 Å². The van der Waals surface area contributed by atoms with E-state index in [-0.39, 0.29) is 18.4 Å². The van der Waals surface area contributed by atoms with E-state index in [2.05, 4.69) is 4.98 Å². The van der Waals surface area contributed by atoms with Gasteiger partial charge in [0.2, 0.25) is 10.0 Å². The number of sulfonamides is 1. The molecule has 2 aromatic rings. The first kappa shape index (κ1) is 18.1. The number of hydrogen-bond acceptors (Lipinski definition) is 4. The van der Waals surface area contributed by atoms with Crippen molar-refractivity contribution < 1.29 is 8.42 Å². The summed E-state index contributed by atoms with van der Waals surface area (Å²) in [6.07, 6.45) is 3.79. The van der Waals surface area contributed by atoms with Gasteiger partial charge in [0.05, 0.1) is 10.4 Å². The number of nitrogens with two attached hydrogens (primary N) is 1. The Hall–Kier alpha value is -1.21. The standard InChI is InChI=1S/C16H21N3O2S.ClH/c1-11-5-8-15(13-4-3-9-18-16(11)13)22(20,21)19(2)14(10-17)12-6-7-12;/h3-5,8-9,12,14H,6-7,10,17H2,1-2H3;1H. The van der Waals surface area contributed by atoms with Crippen molar-refractivity contribution in [3.8, 4) is 0 Å². The van der Waals surface area contributed by atoms with Crippen LogP contribution >= 0.6 is 12.4 Å². The molecule has 0 amide bonds. The highest BCUT2D eigenvalue weighted by Gasteiger charge is 2.38. The summed E-state index contributed by atoms with van der Waals surface area (Å²) in [7, 11) is -1.95. The van der Waals surface area contributed by atoms with Crippen molar-refractivity contribution in [3.63, 3.8) is 0 Å². The molecular formula is C16H22ClN3O2S. The molecule has 1 aliphatic carbocycles. The van der Waals surface area contributed by atoms with Crippen molar-refractivity contribution in [1.82, 2.24) is 9.29 Å². The van der Waals surface area contributed by atoms with Crippen LogP contribution in [0.1, 0.15) is 18.4 Å². The summed E-state index contributed by atoms with van der Waals surface area (Å²) in [5.74, 6) is 0.389. The summed E-state index contributed by atoms with van der Waals surface area (Å²) in [6.45, 7) is 2.28. The van der Waals surface area contributed by atoms with Gasteiger partial charge in [0.15, 0.2) is 0 Å². The van der Waals surface area contributed by atoms with E-state index in [0.29, 0.717) is 22.7 Å². The van der Waals surface area contributed by atoms with Crippen LogP contribution in [0, 0.1) is 12.8 Å². The van der Waals surface area contributed by atoms with Crippen LogP contribution in [0.15, 0.2) is 35.4 Å². The van der Waals surface area contributed by atoms with E-state index in [1.807, 2.05) is 19.1 Å². The molecule has 1 aliphatic rings. The maximum absolute atomic E-state index is 13.0. The minimum atomic E-state index is -3.59. The van der Waals surface area contributed by atoms with Crippen LogP contribution in [0.4, 0.5) is 0 Å². The second-order valence-corrected chi connectivity index (χ2v) is 7.91. The fourth-order valence-electron chi connectivity index (χ4n) is 2.96. The number of fused-ring (bicyclic) bond motifs is 1. The molecule has 2 N–H and O–H groups in total. The lowest BCUT2D eigenvalue weighted by atomic mass is 10.1. The number of aromatic nitrogens is 1. The van der Waals surface area contributed by atoms with Crippen molar-refractivity contribution in [2.24, 2.45) is 11.7 Å². The molecule has 126 valence electrons. The summed E-state index contributed by atoms with van der Waals surface area (Å²) in [5, 5.41) is 0.668. The van der Waals surface area contributed by atoms with Gasteiger partial charge in [0.25, 0.3) is 0 Å². The lowest BCUT2D eigenvalue weighted by Gasteiger charge is -2.27. The van der Waals surface area contributed by atoms with Gasteiger partial charge >= 0.3 is 0 Å². The van der Waals surface area contributed by atoms with Crippen LogP contribution in [-0.4, -0.2) is 37.3 Å². The molecule has 0 saturated heterocycles. The Labute approximate surface area is 143 Å². The molecule has 1 aromatic carbocycles. The number of benzene rings is 1. The first-order valence-electron chi connectivity index (χ1n) is 7.49. The predicted molar refractivity (Wildman–Crippen MR) is 94.2 cm³/mol. The van der Waals surface area contributed by atoms with E-state index in [4.69, 9.17) is 5.73 Å². The third-order valence-corrected chi connectivity index (χ3v) is 6.40. The SMILES string of the molecule is Cc1ccc(S(=O)(=O)N(C)C(CN)C2CC2)c2cccnc12.Cl. The maximum atomic E-state index is 13.0. The van der Waals surface area contributed by atoms with Crippen LogP contribution < -0.4 is 5.73 Å². The molecule has 23 heavy (non-hydrogen) atoms. The molecule has 1 fully saturated rings. The topological polar surface area (TPSA) is 76.3 Å². The van der Waals surface area contributed by atoms with Crippen LogP contribution in [0.2, 0.25) is 0 Å². The fourth-order valence-corrected chi connectivity index (χ4v) is 4.57. The van der Waals surface area contributed by atoms with Crippen molar-refractivity contribution in [2.75, 3.05) is 13.6 Å². The van der Waals surface area contributed by atoms with E-state index in [9.17, 15) is 8.42 Å². The minimum Gasteiger partial charge on any atom is -0.329 e. The highest BCUT2D eigenvalue weighted by molar-refractivity contribution is 7.89. The van der Waals surface area contributed by atoms with Gasteiger partial charge in [0, 0.05) is 31.2 Å². The molecule has 0 bridgehead atoms. The van der Waals surface area contributed by atoms with Gasteiger partial charge in [-0.2, -0.15) is 4.31 Å². The van der Waals surface area contributed by atoms with Crippen molar-refractivity contribution in [2.45, 2.75) is 30.7 Å². The normalized spacial score (nSPS) is 16.3.